The Morgan fingerprint density at radius 1 is 1.14 bits per heavy atom. The lowest BCUT2D eigenvalue weighted by Crippen LogP contribution is -2.41. The molecule has 0 radical (unpaired) electrons. The second kappa shape index (κ2) is 5.15. The van der Waals surface area contributed by atoms with Crippen LogP contribution in [0, 0.1) is 12.7 Å². The molecule has 0 spiro atoms. The second-order valence-corrected chi connectivity index (χ2v) is 7.42. The van der Waals surface area contributed by atoms with Crippen LogP contribution in [0.1, 0.15) is 33.4 Å². The minimum absolute atomic E-state index is 0.298. The van der Waals surface area contributed by atoms with E-state index in [0.29, 0.717) is 11.0 Å². The van der Waals surface area contributed by atoms with Crippen LogP contribution in [0.15, 0.2) is 23.7 Å². The third-order valence-electron chi connectivity index (χ3n) is 4.53. The van der Waals surface area contributed by atoms with Crippen LogP contribution in [0.25, 0.3) is 10.4 Å². The number of hydrogen-bond acceptors (Lipinski definition) is 4. The standard InChI is InChI=1S/C16H19BFNO2S/c1-10-14(22-9-19-10)11-7-6-8-12(13(11)18)17-20-15(2,3)16(4,5)21-17/h6-9H,1-5H3. The summed E-state index contributed by atoms with van der Waals surface area (Å²) in [6.45, 7) is 9.72. The van der Waals surface area contributed by atoms with Gasteiger partial charge in [-0.25, -0.2) is 9.37 Å². The zero-order chi connectivity index (χ0) is 16.1. The maximum atomic E-state index is 15.0. The first-order valence-electron chi connectivity index (χ1n) is 7.27. The Hall–Kier alpha value is -1.24. The first-order chi connectivity index (χ1) is 10.2. The normalized spacial score (nSPS) is 19.6. The van der Waals surface area contributed by atoms with E-state index in [1.165, 1.54) is 11.3 Å². The summed E-state index contributed by atoms with van der Waals surface area (Å²) in [6, 6.07) is 5.32. The fraction of sp³-hybridized carbons (Fsp3) is 0.438. The maximum absolute atomic E-state index is 15.0. The molecule has 0 atom stereocenters. The first-order valence-corrected chi connectivity index (χ1v) is 8.15. The predicted molar refractivity (Wildman–Crippen MR) is 88.0 cm³/mol. The molecule has 1 aliphatic rings. The smallest absolute Gasteiger partial charge is 0.399 e. The molecule has 22 heavy (non-hydrogen) atoms. The molecule has 1 fully saturated rings. The Bertz CT molecular complexity index is 698. The molecule has 1 aliphatic heterocycles. The molecule has 1 aromatic heterocycles. The maximum Gasteiger partial charge on any atom is 0.497 e. The van der Waals surface area contributed by atoms with Crippen molar-refractivity contribution in [1.82, 2.24) is 4.98 Å². The number of benzene rings is 1. The molecule has 6 heteroatoms. The lowest BCUT2D eigenvalue weighted by Gasteiger charge is -2.32. The van der Waals surface area contributed by atoms with E-state index in [1.807, 2.05) is 40.7 Å². The summed E-state index contributed by atoms with van der Waals surface area (Å²) in [5, 5.41) is 0. The van der Waals surface area contributed by atoms with Crippen molar-refractivity contribution in [3.63, 3.8) is 0 Å². The van der Waals surface area contributed by atoms with Gasteiger partial charge in [-0.05, 0) is 34.6 Å². The van der Waals surface area contributed by atoms with Crippen molar-refractivity contribution in [2.75, 3.05) is 0 Å². The lowest BCUT2D eigenvalue weighted by atomic mass is 9.77. The molecule has 2 aromatic rings. The summed E-state index contributed by atoms with van der Waals surface area (Å²) in [5.74, 6) is -0.298. The van der Waals surface area contributed by atoms with E-state index in [-0.39, 0.29) is 5.82 Å². The minimum Gasteiger partial charge on any atom is -0.399 e. The first kappa shape index (κ1) is 15.7. The van der Waals surface area contributed by atoms with Crippen molar-refractivity contribution in [1.29, 1.82) is 0 Å². The van der Waals surface area contributed by atoms with Gasteiger partial charge in [-0.3, -0.25) is 0 Å². The Labute approximate surface area is 134 Å². The van der Waals surface area contributed by atoms with Gasteiger partial charge in [0.2, 0.25) is 0 Å². The molecule has 3 rings (SSSR count). The highest BCUT2D eigenvalue weighted by Gasteiger charge is 2.52. The van der Waals surface area contributed by atoms with Gasteiger partial charge in [-0.1, -0.05) is 18.2 Å². The van der Waals surface area contributed by atoms with Gasteiger partial charge in [0.1, 0.15) is 5.82 Å². The van der Waals surface area contributed by atoms with Crippen molar-refractivity contribution in [3.05, 3.63) is 35.2 Å². The van der Waals surface area contributed by atoms with E-state index in [2.05, 4.69) is 4.98 Å². The molecule has 0 saturated carbocycles. The zero-order valence-corrected chi connectivity index (χ0v) is 14.3. The Morgan fingerprint density at radius 3 is 2.32 bits per heavy atom. The SMILES string of the molecule is Cc1ncsc1-c1cccc(B2OC(C)(C)C(C)(C)O2)c1F. The van der Waals surface area contributed by atoms with Gasteiger partial charge in [0, 0.05) is 11.0 Å². The highest BCUT2D eigenvalue weighted by Crippen LogP contribution is 2.37. The van der Waals surface area contributed by atoms with Crippen molar-refractivity contribution < 1.29 is 13.7 Å². The highest BCUT2D eigenvalue weighted by atomic mass is 32.1. The average Bonchev–Trinajstić information content (AvgIpc) is 2.91. The van der Waals surface area contributed by atoms with Gasteiger partial charge in [0.15, 0.2) is 0 Å². The largest absolute Gasteiger partial charge is 0.497 e. The number of thiazole rings is 1. The Kier molecular flexibility index (Phi) is 3.66. The number of rotatable bonds is 2. The van der Waals surface area contributed by atoms with Crippen molar-refractivity contribution in [2.45, 2.75) is 45.8 Å². The summed E-state index contributed by atoms with van der Waals surface area (Å²) in [5.41, 5.74) is 2.57. The Morgan fingerprint density at radius 2 is 1.77 bits per heavy atom. The lowest BCUT2D eigenvalue weighted by molar-refractivity contribution is 0.00578. The Balaban J connectivity index is 2.02. The number of halogens is 1. The number of nitrogens with zero attached hydrogens (tertiary/aromatic N) is 1. The van der Waals surface area contributed by atoms with E-state index in [1.54, 1.807) is 17.6 Å². The van der Waals surface area contributed by atoms with Gasteiger partial charge >= 0.3 is 7.12 Å². The molecule has 2 heterocycles. The van der Waals surface area contributed by atoms with Crippen LogP contribution in [0.3, 0.4) is 0 Å². The number of aryl methyl sites for hydroxylation is 1. The fourth-order valence-corrected chi connectivity index (χ4v) is 3.26. The van der Waals surface area contributed by atoms with E-state index in [9.17, 15) is 4.39 Å². The third-order valence-corrected chi connectivity index (χ3v) is 5.49. The summed E-state index contributed by atoms with van der Waals surface area (Å²) in [6.07, 6.45) is 0. The topological polar surface area (TPSA) is 31.4 Å². The third kappa shape index (κ3) is 2.39. The van der Waals surface area contributed by atoms with Crippen molar-refractivity contribution in [3.8, 4) is 10.4 Å². The summed E-state index contributed by atoms with van der Waals surface area (Å²) in [4.78, 5) is 5.04. The van der Waals surface area contributed by atoms with Crippen LogP contribution in [0.5, 0.6) is 0 Å². The minimum atomic E-state index is -0.696. The second-order valence-electron chi connectivity index (χ2n) is 6.56. The molecule has 1 saturated heterocycles. The number of hydrogen-bond donors (Lipinski definition) is 0. The van der Waals surface area contributed by atoms with E-state index in [4.69, 9.17) is 9.31 Å². The molecule has 0 N–H and O–H groups in total. The molecule has 0 bridgehead atoms. The molecule has 0 unspecified atom stereocenters. The average molecular weight is 319 g/mol. The summed E-state index contributed by atoms with van der Waals surface area (Å²) < 4.78 is 26.9. The highest BCUT2D eigenvalue weighted by molar-refractivity contribution is 7.13. The quantitative estimate of drug-likeness (QED) is 0.793. The summed E-state index contributed by atoms with van der Waals surface area (Å²) >= 11 is 1.43. The molecule has 0 amide bonds. The van der Waals surface area contributed by atoms with Crippen LogP contribution in [0.4, 0.5) is 4.39 Å². The van der Waals surface area contributed by atoms with E-state index in [0.717, 1.165) is 10.6 Å². The van der Waals surface area contributed by atoms with Crippen molar-refractivity contribution >= 4 is 23.9 Å². The van der Waals surface area contributed by atoms with Crippen LogP contribution >= 0.6 is 11.3 Å². The van der Waals surface area contributed by atoms with E-state index >= 15 is 0 Å². The van der Waals surface area contributed by atoms with Crippen molar-refractivity contribution in [2.24, 2.45) is 0 Å². The molecule has 3 nitrogen and oxygen atoms in total. The van der Waals surface area contributed by atoms with Gasteiger partial charge in [-0.2, -0.15) is 0 Å². The zero-order valence-electron chi connectivity index (χ0n) is 13.4. The fourth-order valence-electron chi connectivity index (χ4n) is 2.44. The van der Waals surface area contributed by atoms with Crippen LogP contribution in [-0.4, -0.2) is 23.3 Å². The van der Waals surface area contributed by atoms with Gasteiger partial charge < -0.3 is 9.31 Å². The predicted octanol–water partition coefficient (Wildman–Crippen LogP) is 3.56. The van der Waals surface area contributed by atoms with Crippen LogP contribution in [0.2, 0.25) is 0 Å². The van der Waals surface area contributed by atoms with E-state index < -0.39 is 18.3 Å². The summed E-state index contributed by atoms with van der Waals surface area (Å²) in [7, 11) is -0.696. The molecule has 1 aromatic carbocycles. The van der Waals surface area contributed by atoms with Crippen LogP contribution < -0.4 is 5.46 Å². The number of aromatic nitrogens is 1. The van der Waals surface area contributed by atoms with Crippen LogP contribution in [-0.2, 0) is 9.31 Å². The molecule has 0 aliphatic carbocycles. The van der Waals surface area contributed by atoms with Gasteiger partial charge in [0.25, 0.3) is 0 Å². The van der Waals surface area contributed by atoms with Gasteiger partial charge in [0.05, 0.1) is 27.3 Å². The van der Waals surface area contributed by atoms with Gasteiger partial charge in [-0.15, -0.1) is 11.3 Å². The molecular weight excluding hydrogens is 300 g/mol. The molecule has 116 valence electrons. The molecular formula is C16H19BFNO2S. The monoisotopic (exact) mass is 319 g/mol.